The number of hydrogen-bond donors (Lipinski definition) is 1. The Morgan fingerprint density at radius 2 is 2.06 bits per heavy atom. The molecule has 0 saturated carbocycles. The summed E-state index contributed by atoms with van der Waals surface area (Å²) in [4.78, 5) is 55.9. The summed E-state index contributed by atoms with van der Waals surface area (Å²) in [6.45, 7) is 5.43. The van der Waals surface area contributed by atoms with E-state index in [-0.39, 0.29) is 60.1 Å². The maximum absolute atomic E-state index is 13.3. The minimum atomic E-state index is -0.537. The first-order valence-electron chi connectivity index (χ1n) is 11.1. The van der Waals surface area contributed by atoms with Crippen LogP contribution < -0.4 is 10.9 Å². The fourth-order valence-electron chi connectivity index (χ4n) is 4.17. The molecule has 11 heteroatoms. The van der Waals surface area contributed by atoms with Crippen LogP contribution in [0.2, 0.25) is 0 Å². The third-order valence-corrected chi connectivity index (χ3v) is 6.00. The van der Waals surface area contributed by atoms with E-state index in [0.29, 0.717) is 12.1 Å². The van der Waals surface area contributed by atoms with E-state index in [9.17, 15) is 23.6 Å². The molecular formula is C23H25FN6O4. The normalized spacial score (nSPS) is 14.0. The summed E-state index contributed by atoms with van der Waals surface area (Å²) in [6.07, 6.45) is 2.66. The van der Waals surface area contributed by atoms with Crippen LogP contribution in [0.4, 0.5) is 10.2 Å². The Labute approximate surface area is 194 Å². The predicted octanol–water partition coefficient (Wildman–Crippen LogP) is 2.12. The molecule has 0 aliphatic carbocycles. The molecule has 2 amide bonds. The largest absolute Gasteiger partial charge is 0.330 e. The van der Waals surface area contributed by atoms with Crippen LogP contribution in [0.1, 0.15) is 61.3 Å². The maximum atomic E-state index is 13.3. The van der Waals surface area contributed by atoms with Crippen LogP contribution in [-0.2, 0) is 22.7 Å². The van der Waals surface area contributed by atoms with Gasteiger partial charge in [-0.1, -0.05) is 6.92 Å². The third-order valence-electron chi connectivity index (χ3n) is 6.00. The van der Waals surface area contributed by atoms with Crippen LogP contribution in [0.5, 0.6) is 0 Å². The molecule has 0 radical (unpaired) electrons. The molecule has 178 valence electrons. The van der Waals surface area contributed by atoms with E-state index in [1.54, 1.807) is 11.0 Å². The smallest absolute Gasteiger partial charge is 0.280 e. The van der Waals surface area contributed by atoms with Crippen molar-refractivity contribution >= 4 is 29.6 Å². The number of pyridine rings is 1. The van der Waals surface area contributed by atoms with Crippen molar-refractivity contribution in [1.29, 1.82) is 0 Å². The molecule has 4 heterocycles. The molecule has 4 rings (SSSR count). The number of fused-ring (bicyclic) bond motifs is 2. The zero-order chi connectivity index (χ0) is 24.6. The SMILES string of the molecule is CCC(CC=O)c1cc2n(CC(=O)Nc3ccc(F)cn3)c3c(c(=O)n2n1)CN(C(C)C)C3=O. The van der Waals surface area contributed by atoms with Crippen molar-refractivity contribution in [3.8, 4) is 0 Å². The van der Waals surface area contributed by atoms with E-state index in [0.717, 1.165) is 12.5 Å². The summed E-state index contributed by atoms with van der Waals surface area (Å²) in [6, 6.07) is 3.99. The van der Waals surface area contributed by atoms with Crippen molar-refractivity contribution < 1.29 is 18.8 Å². The van der Waals surface area contributed by atoms with Crippen molar-refractivity contribution in [3.05, 3.63) is 57.5 Å². The lowest BCUT2D eigenvalue weighted by atomic mass is 10.00. The zero-order valence-electron chi connectivity index (χ0n) is 19.1. The molecule has 1 aliphatic heterocycles. The van der Waals surface area contributed by atoms with Gasteiger partial charge in [0.1, 0.15) is 35.8 Å². The molecule has 0 fully saturated rings. The van der Waals surface area contributed by atoms with Crippen LogP contribution in [0.3, 0.4) is 0 Å². The van der Waals surface area contributed by atoms with E-state index in [1.807, 2.05) is 20.8 Å². The number of rotatable bonds is 8. The van der Waals surface area contributed by atoms with Crippen molar-refractivity contribution in [2.45, 2.75) is 58.7 Å². The predicted molar refractivity (Wildman–Crippen MR) is 121 cm³/mol. The Morgan fingerprint density at radius 3 is 2.68 bits per heavy atom. The average molecular weight is 468 g/mol. The number of carbonyl (C=O) groups is 3. The van der Waals surface area contributed by atoms with Crippen molar-refractivity contribution in [2.75, 3.05) is 5.32 Å². The molecular weight excluding hydrogens is 443 g/mol. The fraction of sp³-hybridized carbons (Fsp3) is 0.391. The van der Waals surface area contributed by atoms with Crippen LogP contribution >= 0.6 is 0 Å². The van der Waals surface area contributed by atoms with Gasteiger partial charge in [0.15, 0.2) is 0 Å². The minimum absolute atomic E-state index is 0.114. The molecule has 3 aromatic heterocycles. The summed E-state index contributed by atoms with van der Waals surface area (Å²) in [5.41, 5.74) is 0.799. The van der Waals surface area contributed by atoms with Gasteiger partial charge in [-0.25, -0.2) is 9.37 Å². The van der Waals surface area contributed by atoms with Gasteiger partial charge in [0.05, 0.1) is 24.0 Å². The molecule has 3 aromatic rings. The lowest BCUT2D eigenvalue weighted by Crippen LogP contribution is -2.32. The van der Waals surface area contributed by atoms with Gasteiger partial charge in [-0.2, -0.15) is 9.61 Å². The summed E-state index contributed by atoms with van der Waals surface area (Å²) in [7, 11) is 0. The molecule has 0 bridgehead atoms. The molecule has 1 atom stereocenters. The van der Waals surface area contributed by atoms with E-state index < -0.39 is 17.3 Å². The van der Waals surface area contributed by atoms with Crippen LogP contribution in [-0.4, -0.2) is 48.2 Å². The number of hydrogen-bond acceptors (Lipinski definition) is 6. The van der Waals surface area contributed by atoms with Crippen molar-refractivity contribution in [1.82, 2.24) is 24.1 Å². The standard InChI is InChI=1S/C23H25FN6O4/c1-4-14(7-8-31)17-9-20-29(12-19(32)26-18-6-5-15(24)10-25-18)21-16(22(33)30(20)27-17)11-28(13(2)3)23(21)34/h5-6,8-10,13-14H,4,7,11-12H2,1-3H3,(H,25,26,32). The molecule has 0 saturated heterocycles. The van der Waals surface area contributed by atoms with Gasteiger partial charge >= 0.3 is 0 Å². The molecule has 0 aromatic carbocycles. The molecule has 34 heavy (non-hydrogen) atoms. The highest BCUT2D eigenvalue weighted by Crippen LogP contribution is 2.27. The Kier molecular flexibility index (Phi) is 6.27. The Bertz CT molecular complexity index is 1330. The second kappa shape index (κ2) is 9.16. The first-order chi connectivity index (χ1) is 16.2. The third kappa shape index (κ3) is 4.09. The number of nitrogens with one attached hydrogen (secondary N) is 1. The Balaban J connectivity index is 1.83. The van der Waals surface area contributed by atoms with Gasteiger partial charge in [0.2, 0.25) is 5.91 Å². The summed E-state index contributed by atoms with van der Waals surface area (Å²) in [5.74, 6) is -1.43. The summed E-state index contributed by atoms with van der Waals surface area (Å²) >= 11 is 0. The quantitative estimate of drug-likeness (QED) is 0.506. The highest BCUT2D eigenvalue weighted by molar-refractivity contribution is 5.98. The number of nitrogens with zero attached hydrogens (tertiary/aromatic N) is 5. The number of aromatic nitrogens is 4. The minimum Gasteiger partial charge on any atom is -0.330 e. The topological polar surface area (TPSA) is 119 Å². The highest BCUT2D eigenvalue weighted by atomic mass is 19.1. The van der Waals surface area contributed by atoms with Crippen LogP contribution in [0, 0.1) is 5.82 Å². The molecule has 10 nitrogen and oxygen atoms in total. The number of anilines is 1. The lowest BCUT2D eigenvalue weighted by molar-refractivity contribution is -0.116. The maximum Gasteiger partial charge on any atom is 0.280 e. The first-order valence-corrected chi connectivity index (χ1v) is 11.1. The molecule has 0 spiro atoms. The van der Waals surface area contributed by atoms with Gasteiger partial charge in [0, 0.05) is 24.4 Å². The Hall–Kier alpha value is -3.89. The summed E-state index contributed by atoms with van der Waals surface area (Å²) in [5, 5.41) is 7.03. The van der Waals surface area contributed by atoms with Gasteiger partial charge in [0.25, 0.3) is 11.5 Å². The van der Waals surface area contributed by atoms with Crippen molar-refractivity contribution in [3.63, 3.8) is 0 Å². The van der Waals surface area contributed by atoms with E-state index >= 15 is 0 Å². The first kappa shape index (κ1) is 23.3. The van der Waals surface area contributed by atoms with Gasteiger partial charge in [-0.05, 0) is 32.4 Å². The van der Waals surface area contributed by atoms with E-state index in [2.05, 4.69) is 15.4 Å². The number of carbonyl (C=O) groups excluding carboxylic acids is 3. The van der Waals surface area contributed by atoms with Crippen molar-refractivity contribution in [2.24, 2.45) is 0 Å². The number of halogens is 1. The number of amides is 2. The zero-order valence-corrected chi connectivity index (χ0v) is 19.1. The summed E-state index contributed by atoms with van der Waals surface area (Å²) < 4.78 is 15.8. The van der Waals surface area contributed by atoms with Crippen LogP contribution in [0.15, 0.2) is 29.2 Å². The van der Waals surface area contributed by atoms with E-state index in [1.165, 1.54) is 21.2 Å². The monoisotopic (exact) mass is 468 g/mol. The second-order valence-corrected chi connectivity index (χ2v) is 8.50. The molecule has 1 aliphatic rings. The fourth-order valence-corrected chi connectivity index (χ4v) is 4.17. The Morgan fingerprint density at radius 1 is 1.29 bits per heavy atom. The molecule has 1 unspecified atom stereocenters. The molecule has 1 N–H and O–H groups in total. The van der Waals surface area contributed by atoms with Gasteiger partial charge in [-0.15, -0.1) is 0 Å². The number of aldehydes is 1. The van der Waals surface area contributed by atoms with E-state index in [4.69, 9.17) is 0 Å². The highest BCUT2D eigenvalue weighted by Gasteiger charge is 2.36. The van der Waals surface area contributed by atoms with Crippen LogP contribution in [0.25, 0.3) is 5.65 Å². The van der Waals surface area contributed by atoms with Gasteiger partial charge in [-0.3, -0.25) is 14.4 Å². The lowest BCUT2D eigenvalue weighted by Gasteiger charge is -2.20. The average Bonchev–Trinajstić information content (AvgIpc) is 3.39. The van der Waals surface area contributed by atoms with Gasteiger partial charge < -0.3 is 19.6 Å². The second-order valence-electron chi connectivity index (χ2n) is 8.50.